The molecule has 4 fully saturated rings. The average Bonchev–Trinajstić information content (AvgIpc) is 3.74. The molecule has 0 saturated heterocycles. The molecule has 1 amide bonds. The zero-order valence-electron chi connectivity index (χ0n) is 24.5. The zero-order chi connectivity index (χ0) is 29.5. The van der Waals surface area contributed by atoms with Crippen molar-refractivity contribution in [3.8, 4) is 11.1 Å². The summed E-state index contributed by atoms with van der Waals surface area (Å²) in [7, 11) is 0. The Morgan fingerprint density at radius 2 is 1.76 bits per heavy atom. The highest BCUT2D eigenvalue weighted by atomic mass is 19.1. The minimum absolute atomic E-state index is 0.0219. The average molecular weight is 574 g/mol. The minimum Gasteiger partial charge on any atom is -0.339 e. The fraction of sp³-hybridized carbons (Fsp3) is 0.515. The maximum absolute atomic E-state index is 13.7. The van der Waals surface area contributed by atoms with Crippen molar-refractivity contribution in [1.82, 2.24) is 20.1 Å². The van der Waals surface area contributed by atoms with E-state index >= 15 is 0 Å². The van der Waals surface area contributed by atoms with Crippen LogP contribution in [0.4, 0.5) is 14.5 Å². The molecule has 0 N–H and O–H groups in total. The van der Waals surface area contributed by atoms with Crippen molar-refractivity contribution in [3.05, 3.63) is 71.3 Å². The quantitative estimate of drug-likeness (QED) is 0.255. The van der Waals surface area contributed by atoms with E-state index in [1.54, 1.807) is 0 Å². The molecule has 3 aromatic rings. The molecule has 7 nitrogen and oxygen atoms in total. The lowest BCUT2D eigenvalue weighted by molar-refractivity contribution is -0.116. The number of rotatable bonds is 8. The Bertz CT molecular complexity index is 1510. The lowest BCUT2D eigenvalue weighted by Crippen LogP contribution is -2.51. The van der Waals surface area contributed by atoms with E-state index in [1.165, 1.54) is 6.92 Å². The highest BCUT2D eigenvalue weighted by molar-refractivity contribution is 6.07. The SMILES string of the molecule is CC.CC(F)c1noc(C23CCC(CN(C(=O)C4=C=C(F)C4)c4cccc(-c5cnc(C6CC6)nc5)c4)(CC2)CC3)n1. The maximum Gasteiger partial charge on any atom is 0.262 e. The number of benzene rings is 1. The minimum atomic E-state index is -1.27. The van der Waals surface area contributed by atoms with Crippen molar-refractivity contribution in [2.24, 2.45) is 5.41 Å². The van der Waals surface area contributed by atoms with Gasteiger partial charge in [0.1, 0.15) is 11.7 Å². The molecule has 0 spiro atoms. The first-order chi connectivity index (χ1) is 20.3. The number of amides is 1. The fourth-order valence-electron chi connectivity index (χ4n) is 6.53. The molecule has 2 aromatic heterocycles. The second-order valence-electron chi connectivity index (χ2n) is 12.1. The normalized spacial score (nSPS) is 25.0. The van der Waals surface area contributed by atoms with E-state index in [9.17, 15) is 13.6 Å². The Balaban J connectivity index is 0.00000155. The van der Waals surface area contributed by atoms with Gasteiger partial charge in [-0.1, -0.05) is 36.9 Å². The van der Waals surface area contributed by atoms with Crippen LogP contribution in [0.2, 0.25) is 0 Å². The first-order valence-electron chi connectivity index (χ1n) is 15.2. The number of fused-ring (bicyclic) bond motifs is 3. The van der Waals surface area contributed by atoms with Gasteiger partial charge in [-0.25, -0.2) is 18.7 Å². The second kappa shape index (κ2) is 11.2. The van der Waals surface area contributed by atoms with Crippen LogP contribution in [0, 0.1) is 5.41 Å². The number of anilines is 1. The van der Waals surface area contributed by atoms with Gasteiger partial charge in [0, 0.05) is 47.9 Å². The number of carbonyl (C=O) groups is 1. The summed E-state index contributed by atoms with van der Waals surface area (Å²) in [5.74, 6) is 1.43. The molecule has 220 valence electrons. The van der Waals surface area contributed by atoms with Crippen LogP contribution in [-0.4, -0.2) is 32.6 Å². The highest BCUT2D eigenvalue weighted by Crippen LogP contribution is 2.58. The highest BCUT2D eigenvalue weighted by Gasteiger charge is 2.53. The standard InChI is InChI=1S/C31H31F2N5O2.C2H6/c1-19(32)26-36-29(40-37-26)31-10-7-30(8-11-31,9-12-31)18-38(28(39)22-13-24(33)14-22)25-4-2-3-21(15-25)23-16-34-27(35-17-23)20-5-6-20;1-2/h2-4,15-17,19-20H,5-13,18H2,1H3;1-2H3. The summed E-state index contributed by atoms with van der Waals surface area (Å²) in [6.07, 6.45) is 9.96. The molecular formula is C33H37F2N5O2. The van der Waals surface area contributed by atoms with Crippen LogP contribution >= 0.6 is 0 Å². The number of nitrogens with zero attached hydrogens (tertiary/aromatic N) is 5. The van der Waals surface area contributed by atoms with E-state index in [4.69, 9.17) is 4.52 Å². The third-order valence-electron chi connectivity index (χ3n) is 9.37. The Kier molecular flexibility index (Phi) is 7.56. The number of carbonyl (C=O) groups excluding carboxylic acids is 1. The van der Waals surface area contributed by atoms with Gasteiger partial charge >= 0.3 is 0 Å². The predicted octanol–water partition coefficient (Wildman–Crippen LogP) is 7.87. The molecular weight excluding hydrogens is 536 g/mol. The molecule has 42 heavy (non-hydrogen) atoms. The van der Waals surface area contributed by atoms with Gasteiger partial charge in [-0.05, 0) is 81.4 Å². The van der Waals surface area contributed by atoms with Gasteiger partial charge < -0.3 is 9.42 Å². The molecule has 0 radical (unpaired) electrons. The Labute approximate surface area is 245 Å². The van der Waals surface area contributed by atoms with Crippen LogP contribution in [0.25, 0.3) is 11.1 Å². The monoisotopic (exact) mass is 573 g/mol. The van der Waals surface area contributed by atoms with Gasteiger partial charge in [-0.3, -0.25) is 4.79 Å². The largest absolute Gasteiger partial charge is 0.339 e. The third-order valence-corrected chi connectivity index (χ3v) is 9.37. The summed E-state index contributed by atoms with van der Waals surface area (Å²) in [4.78, 5) is 29.0. The van der Waals surface area contributed by atoms with E-state index < -0.39 is 6.17 Å². The molecule has 0 aliphatic heterocycles. The first kappa shape index (κ1) is 28.4. The number of halogens is 2. The van der Waals surface area contributed by atoms with Crippen molar-refractivity contribution in [3.63, 3.8) is 0 Å². The van der Waals surface area contributed by atoms with E-state index in [0.29, 0.717) is 23.9 Å². The molecule has 1 aromatic carbocycles. The molecule has 1 unspecified atom stereocenters. The fourth-order valence-corrected chi connectivity index (χ4v) is 6.53. The lowest BCUT2D eigenvalue weighted by atomic mass is 9.53. The number of aromatic nitrogens is 4. The Hall–Kier alpha value is -3.71. The molecule has 2 heterocycles. The first-order valence-corrected chi connectivity index (χ1v) is 15.2. The number of hydrogen-bond acceptors (Lipinski definition) is 6. The molecule has 1 atom stereocenters. The van der Waals surface area contributed by atoms with Crippen LogP contribution in [-0.2, 0) is 10.2 Å². The van der Waals surface area contributed by atoms with Crippen LogP contribution < -0.4 is 4.90 Å². The lowest BCUT2D eigenvalue weighted by Gasteiger charge is -2.53. The third kappa shape index (κ3) is 5.31. The van der Waals surface area contributed by atoms with Crippen molar-refractivity contribution in [2.75, 3.05) is 11.4 Å². The molecule has 4 saturated carbocycles. The summed E-state index contributed by atoms with van der Waals surface area (Å²) in [6.45, 7) is 5.94. The van der Waals surface area contributed by atoms with Gasteiger partial charge in [0.05, 0.1) is 5.57 Å². The summed E-state index contributed by atoms with van der Waals surface area (Å²) in [5.41, 5.74) is 5.23. The van der Waals surface area contributed by atoms with E-state index in [0.717, 1.165) is 74.0 Å². The van der Waals surface area contributed by atoms with Gasteiger partial charge in [-0.2, -0.15) is 4.98 Å². The topological polar surface area (TPSA) is 85.0 Å². The Morgan fingerprint density at radius 3 is 2.33 bits per heavy atom. The maximum atomic E-state index is 13.7. The van der Waals surface area contributed by atoms with Crippen molar-refractivity contribution < 1.29 is 18.1 Å². The Morgan fingerprint density at radius 1 is 1.10 bits per heavy atom. The van der Waals surface area contributed by atoms with Crippen molar-refractivity contribution in [1.29, 1.82) is 0 Å². The van der Waals surface area contributed by atoms with Crippen molar-refractivity contribution >= 4 is 11.6 Å². The molecule has 5 aliphatic carbocycles. The summed E-state index contributed by atoms with van der Waals surface area (Å²) < 4.78 is 32.9. The van der Waals surface area contributed by atoms with E-state index in [2.05, 4.69) is 25.8 Å². The van der Waals surface area contributed by atoms with Crippen LogP contribution in [0.15, 0.2) is 58.3 Å². The summed E-state index contributed by atoms with van der Waals surface area (Å²) in [6, 6.07) is 7.87. The number of hydrogen-bond donors (Lipinski definition) is 0. The molecule has 9 heteroatoms. The summed E-state index contributed by atoms with van der Waals surface area (Å²) in [5, 5.41) is 3.86. The van der Waals surface area contributed by atoms with Crippen LogP contribution in [0.3, 0.4) is 0 Å². The van der Waals surface area contributed by atoms with Gasteiger partial charge in [0.2, 0.25) is 11.7 Å². The zero-order valence-corrected chi connectivity index (χ0v) is 24.5. The number of alkyl halides is 1. The molecule has 2 bridgehead atoms. The van der Waals surface area contributed by atoms with Gasteiger partial charge in [-0.15, -0.1) is 0 Å². The molecule has 5 aliphatic rings. The van der Waals surface area contributed by atoms with E-state index in [1.807, 2.05) is 55.4 Å². The van der Waals surface area contributed by atoms with Gasteiger partial charge in [0.25, 0.3) is 5.91 Å². The van der Waals surface area contributed by atoms with Gasteiger partial charge in [0.15, 0.2) is 6.17 Å². The molecule has 8 rings (SSSR count). The van der Waals surface area contributed by atoms with Crippen LogP contribution in [0.5, 0.6) is 0 Å². The predicted molar refractivity (Wildman–Crippen MR) is 155 cm³/mol. The van der Waals surface area contributed by atoms with E-state index in [-0.39, 0.29) is 34.8 Å². The summed E-state index contributed by atoms with van der Waals surface area (Å²) >= 11 is 0. The van der Waals surface area contributed by atoms with Crippen LogP contribution in [0.1, 0.15) is 108 Å². The smallest absolute Gasteiger partial charge is 0.262 e. The van der Waals surface area contributed by atoms with Crippen molar-refractivity contribution in [2.45, 2.75) is 96.1 Å². The second-order valence-corrected chi connectivity index (χ2v) is 12.1.